The molecule has 0 saturated heterocycles. The summed E-state index contributed by atoms with van der Waals surface area (Å²) in [5, 5.41) is 8.99. The molecular weight excluding hydrogens is 283 g/mol. The molecule has 0 bridgehead atoms. The number of carboxylic acid groups (broad SMARTS) is 1. The van der Waals surface area contributed by atoms with E-state index in [1.807, 2.05) is 13.8 Å². The summed E-state index contributed by atoms with van der Waals surface area (Å²) in [6.45, 7) is 5.31. The smallest absolute Gasteiger partial charge is 0.416 e. The van der Waals surface area contributed by atoms with E-state index in [0.717, 1.165) is 18.6 Å². The molecule has 0 aliphatic rings. The van der Waals surface area contributed by atoms with Gasteiger partial charge in [0.1, 0.15) is 0 Å². The van der Waals surface area contributed by atoms with Crippen molar-refractivity contribution < 1.29 is 23.1 Å². The monoisotopic (exact) mass is 303 g/mol. The lowest BCUT2D eigenvalue weighted by Crippen LogP contribution is -2.39. The Hall–Kier alpha value is -1.56. The van der Waals surface area contributed by atoms with E-state index in [0.29, 0.717) is 5.56 Å². The molecule has 0 aliphatic carbocycles. The summed E-state index contributed by atoms with van der Waals surface area (Å²) in [7, 11) is 0. The molecule has 0 saturated carbocycles. The minimum absolute atomic E-state index is 0.0364. The van der Waals surface area contributed by atoms with Crippen molar-refractivity contribution in [3.05, 3.63) is 35.4 Å². The molecule has 0 radical (unpaired) electrons. The molecule has 2 atom stereocenters. The third kappa shape index (κ3) is 4.74. The highest BCUT2D eigenvalue weighted by Crippen LogP contribution is 2.32. The SMILES string of the molecule is CCC(C)N(CC(=O)O)C(C)c1cccc(C(F)(F)F)c1. The Morgan fingerprint density at radius 3 is 2.43 bits per heavy atom. The van der Waals surface area contributed by atoms with Gasteiger partial charge in [-0.05, 0) is 38.0 Å². The first-order valence-electron chi connectivity index (χ1n) is 6.81. The van der Waals surface area contributed by atoms with Crippen molar-refractivity contribution in [2.24, 2.45) is 0 Å². The number of hydrogen-bond donors (Lipinski definition) is 1. The van der Waals surface area contributed by atoms with Crippen molar-refractivity contribution in [3.8, 4) is 0 Å². The second-order valence-corrected chi connectivity index (χ2v) is 5.12. The van der Waals surface area contributed by atoms with Gasteiger partial charge in [0.05, 0.1) is 12.1 Å². The van der Waals surface area contributed by atoms with Gasteiger partial charge in [-0.3, -0.25) is 9.69 Å². The molecule has 1 rings (SSSR count). The van der Waals surface area contributed by atoms with Crippen molar-refractivity contribution in [1.82, 2.24) is 4.90 Å². The van der Waals surface area contributed by atoms with E-state index in [4.69, 9.17) is 5.11 Å². The number of hydrogen-bond acceptors (Lipinski definition) is 2. The highest BCUT2D eigenvalue weighted by atomic mass is 19.4. The normalized spacial score (nSPS) is 15.0. The Balaban J connectivity index is 3.08. The van der Waals surface area contributed by atoms with E-state index in [1.165, 1.54) is 6.07 Å². The molecule has 6 heteroatoms. The lowest BCUT2D eigenvalue weighted by atomic mass is 10.0. The first-order chi connectivity index (χ1) is 9.66. The molecule has 118 valence electrons. The van der Waals surface area contributed by atoms with Crippen LogP contribution >= 0.6 is 0 Å². The van der Waals surface area contributed by atoms with Crippen LogP contribution in [-0.2, 0) is 11.0 Å². The third-order valence-electron chi connectivity index (χ3n) is 3.67. The molecule has 0 fully saturated rings. The van der Waals surface area contributed by atoms with Crippen molar-refractivity contribution in [2.75, 3.05) is 6.54 Å². The second kappa shape index (κ2) is 6.93. The van der Waals surface area contributed by atoms with Crippen molar-refractivity contribution in [1.29, 1.82) is 0 Å². The van der Waals surface area contributed by atoms with Crippen LogP contribution < -0.4 is 0 Å². The van der Waals surface area contributed by atoms with E-state index in [9.17, 15) is 18.0 Å². The summed E-state index contributed by atoms with van der Waals surface area (Å²) in [5.41, 5.74) is -0.252. The Morgan fingerprint density at radius 1 is 1.33 bits per heavy atom. The standard InChI is InChI=1S/C15H20F3NO2/c1-4-10(2)19(9-14(20)21)11(3)12-6-5-7-13(8-12)15(16,17)18/h5-8,10-11H,4,9H2,1-3H3,(H,20,21). The molecule has 0 spiro atoms. The Kier molecular flexibility index (Phi) is 5.78. The van der Waals surface area contributed by atoms with Crippen molar-refractivity contribution >= 4 is 5.97 Å². The van der Waals surface area contributed by atoms with Gasteiger partial charge in [0.15, 0.2) is 0 Å². The molecule has 0 amide bonds. The Bertz CT molecular complexity index is 488. The predicted octanol–water partition coefficient (Wildman–Crippen LogP) is 3.95. The number of nitrogens with zero attached hydrogens (tertiary/aromatic N) is 1. The topological polar surface area (TPSA) is 40.5 Å². The number of carboxylic acids is 1. The zero-order valence-corrected chi connectivity index (χ0v) is 12.3. The van der Waals surface area contributed by atoms with Crippen LogP contribution in [0.3, 0.4) is 0 Å². The first-order valence-corrected chi connectivity index (χ1v) is 6.81. The van der Waals surface area contributed by atoms with Gasteiger partial charge < -0.3 is 5.11 Å². The summed E-state index contributed by atoms with van der Waals surface area (Å²) in [6, 6.07) is 4.61. The summed E-state index contributed by atoms with van der Waals surface area (Å²) in [6.07, 6.45) is -3.68. The van der Waals surface area contributed by atoms with Gasteiger partial charge >= 0.3 is 12.1 Å². The van der Waals surface area contributed by atoms with Crippen LogP contribution in [0.1, 0.15) is 44.4 Å². The zero-order valence-electron chi connectivity index (χ0n) is 12.3. The minimum atomic E-state index is -4.40. The van der Waals surface area contributed by atoms with Crippen LogP contribution in [0.5, 0.6) is 0 Å². The average molecular weight is 303 g/mol. The van der Waals surface area contributed by atoms with E-state index in [2.05, 4.69) is 0 Å². The molecule has 1 aromatic rings. The quantitative estimate of drug-likeness (QED) is 0.865. The summed E-state index contributed by atoms with van der Waals surface area (Å²) in [4.78, 5) is 12.7. The van der Waals surface area contributed by atoms with Gasteiger partial charge in [0.2, 0.25) is 0 Å². The van der Waals surface area contributed by atoms with E-state index in [1.54, 1.807) is 17.9 Å². The maximum absolute atomic E-state index is 12.8. The van der Waals surface area contributed by atoms with Gasteiger partial charge in [-0.1, -0.05) is 19.1 Å². The van der Waals surface area contributed by atoms with Crippen LogP contribution in [0.2, 0.25) is 0 Å². The van der Waals surface area contributed by atoms with Gasteiger partial charge in [-0.25, -0.2) is 0 Å². The number of aliphatic carboxylic acids is 1. The fourth-order valence-electron chi connectivity index (χ4n) is 2.23. The maximum Gasteiger partial charge on any atom is 0.416 e. The fraction of sp³-hybridized carbons (Fsp3) is 0.533. The summed E-state index contributed by atoms with van der Waals surface area (Å²) >= 11 is 0. The lowest BCUT2D eigenvalue weighted by molar-refractivity contribution is -0.140. The van der Waals surface area contributed by atoms with Gasteiger partial charge in [0.25, 0.3) is 0 Å². The Morgan fingerprint density at radius 2 is 1.95 bits per heavy atom. The van der Waals surface area contributed by atoms with Crippen LogP contribution in [0.4, 0.5) is 13.2 Å². The predicted molar refractivity (Wildman–Crippen MR) is 74.0 cm³/mol. The van der Waals surface area contributed by atoms with Crippen molar-refractivity contribution in [3.63, 3.8) is 0 Å². The fourth-order valence-corrected chi connectivity index (χ4v) is 2.23. The minimum Gasteiger partial charge on any atom is -0.480 e. The molecule has 0 aromatic heterocycles. The maximum atomic E-state index is 12.8. The molecule has 3 nitrogen and oxygen atoms in total. The van der Waals surface area contributed by atoms with Crippen LogP contribution in [0, 0.1) is 0 Å². The van der Waals surface area contributed by atoms with Crippen molar-refractivity contribution in [2.45, 2.75) is 45.5 Å². The van der Waals surface area contributed by atoms with Crippen LogP contribution in [-0.4, -0.2) is 28.6 Å². The molecule has 0 heterocycles. The lowest BCUT2D eigenvalue weighted by Gasteiger charge is -2.33. The highest BCUT2D eigenvalue weighted by molar-refractivity contribution is 5.69. The first kappa shape index (κ1) is 17.5. The van der Waals surface area contributed by atoms with Gasteiger partial charge in [-0.2, -0.15) is 13.2 Å². The molecule has 2 unspecified atom stereocenters. The number of benzene rings is 1. The molecular formula is C15H20F3NO2. The number of rotatable bonds is 6. The van der Waals surface area contributed by atoms with E-state index >= 15 is 0 Å². The summed E-state index contributed by atoms with van der Waals surface area (Å²) in [5.74, 6) is -0.992. The number of alkyl halides is 3. The molecule has 1 N–H and O–H groups in total. The van der Waals surface area contributed by atoms with Gasteiger partial charge in [-0.15, -0.1) is 0 Å². The second-order valence-electron chi connectivity index (χ2n) is 5.12. The Labute approximate surface area is 122 Å². The molecule has 0 aliphatic heterocycles. The van der Waals surface area contributed by atoms with E-state index < -0.39 is 23.8 Å². The molecule has 21 heavy (non-hydrogen) atoms. The zero-order chi connectivity index (χ0) is 16.2. The van der Waals surface area contributed by atoms with Gasteiger partial charge in [0, 0.05) is 12.1 Å². The average Bonchev–Trinajstić information content (AvgIpc) is 2.42. The highest BCUT2D eigenvalue weighted by Gasteiger charge is 2.31. The number of halogens is 3. The summed E-state index contributed by atoms with van der Waals surface area (Å²) < 4.78 is 38.3. The van der Waals surface area contributed by atoms with Crippen LogP contribution in [0.25, 0.3) is 0 Å². The third-order valence-corrected chi connectivity index (χ3v) is 3.67. The largest absolute Gasteiger partial charge is 0.480 e. The van der Waals surface area contributed by atoms with E-state index in [-0.39, 0.29) is 12.6 Å². The van der Waals surface area contributed by atoms with Crippen LogP contribution in [0.15, 0.2) is 24.3 Å². The molecule has 1 aromatic carbocycles. The number of carbonyl (C=O) groups is 1.